The van der Waals surface area contributed by atoms with Gasteiger partial charge in [-0.05, 0) is 41.5 Å². The van der Waals surface area contributed by atoms with Crippen molar-refractivity contribution >= 4 is 28.0 Å². The Labute approximate surface area is 131 Å². The van der Waals surface area contributed by atoms with Crippen LogP contribution in [0.1, 0.15) is 11.1 Å². The maximum absolute atomic E-state index is 13.0. The minimum Gasteiger partial charge on any atom is -0.334 e. The fraction of sp³-hybridized carbons (Fsp3) is 0.0625. The zero-order chi connectivity index (χ0) is 15.1. The van der Waals surface area contributed by atoms with E-state index in [1.165, 1.54) is 18.3 Å². The van der Waals surface area contributed by atoms with Gasteiger partial charge >= 0.3 is 6.03 Å². The normalized spacial score (nSPS) is 10.6. The monoisotopic (exact) mass is 348 g/mol. The van der Waals surface area contributed by atoms with E-state index in [-0.39, 0.29) is 11.8 Å². The lowest BCUT2D eigenvalue weighted by atomic mass is 10.2. The molecule has 0 saturated heterocycles. The second kappa shape index (κ2) is 7.59. The standard InChI is InChI=1S/C16H14BrFN2O/c17-14-6-4-13(5-7-14)11-20-16(21)19-9-8-12-2-1-3-15(18)10-12/h1-10H,11H2,(H2,19,20,21)/b9-8+. The van der Waals surface area contributed by atoms with Crippen LogP contribution in [0.2, 0.25) is 0 Å². The molecule has 2 N–H and O–H groups in total. The van der Waals surface area contributed by atoms with Gasteiger partial charge in [-0.2, -0.15) is 0 Å². The van der Waals surface area contributed by atoms with E-state index in [0.717, 1.165) is 10.0 Å². The Morgan fingerprint density at radius 3 is 2.67 bits per heavy atom. The first-order chi connectivity index (χ1) is 10.1. The molecule has 0 aliphatic rings. The third kappa shape index (κ3) is 5.39. The molecule has 21 heavy (non-hydrogen) atoms. The predicted octanol–water partition coefficient (Wildman–Crippen LogP) is 4.06. The van der Waals surface area contributed by atoms with Gasteiger partial charge in [0.05, 0.1) is 0 Å². The molecule has 0 bridgehead atoms. The van der Waals surface area contributed by atoms with Gasteiger partial charge in [0.1, 0.15) is 5.82 Å². The molecule has 0 heterocycles. The van der Waals surface area contributed by atoms with E-state index < -0.39 is 0 Å². The molecule has 0 aliphatic heterocycles. The summed E-state index contributed by atoms with van der Waals surface area (Å²) < 4.78 is 13.9. The second-order valence-corrected chi connectivity index (χ2v) is 5.26. The van der Waals surface area contributed by atoms with Gasteiger partial charge in [-0.25, -0.2) is 9.18 Å². The van der Waals surface area contributed by atoms with E-state index in [1.807, 2.05) is 24.3 Å². The van der Waals surface area contributed by atoms with E-state index in [2.05, 4.69) is 26.6 Å². The summed E-state index contributed by atoms with van der Waals surface area (Å²) in [5.41, 5.74) is 1.69. The first-order valence-corrected chi connectivity index (χ1v) is 7.14. The smallest absolute Gasteiger partial charge is 0.319 e. The summed E-state index contributed by atoms with van der Waals surface area (Å²) in [6.45, 7) is 0.437. The molecule has 108 valence electrons. The van der Waals surface area contributed by atoms with Gasteiger partial charge in [-0.3, -0.25) is 0 Å². The van der Waals surface area contributed by atoms with Crippen LogP contribution >= 0.6 is 15.9 Å². The minimum atomic E-state index is -0.314. The molecule has 2 amide bonds. The van der Waals surface area contributed by atoms with Crippen LogP contribution in [-0.4, -0.2) is 6.03 Å². The fourth-order valence-corrected chi connectivity index (χ4v) is 1.92. The zero-order valence-electron chi connectivity index (χ0n) is 11.1. The van der Waals surface area contributed by atoms with Crippen molar-refractivity contribution in [3.63, 3.8) is 0 Å². The minimum absolute atomic E-state index is 0.308. The second-order valence-electron chi connectivity index (χ2n) is 4.34. The molecular weight excluding hydrogens is 335 g/mol. The summed E-state index contributed by atoms with van der Waals surface area (Å²) in [6, 6.07) is 13.5. The summed E-state index contributed by atoms with van der Waals surface area (Å²) in [4.78, 5) is 11.6. The van der Waals surface area contributed by atoms with Crippen LogP contribution in [0, 0.1) is 5.82 Å². The van der Waals surface area contributed by atoms with Crippen molar-refractivity contribution in [2.24, 2.45) is 0 Å². The number of benzene rings is 2. The SMILES string of the molecule is O=C(N/C=C/c1cccc(F)c1)NCc1ccc(Br)cc1. The zero-order valence-corrected chi connectivity index (χ0v) is 12.7. The molecular formula is C16H14BrFN2O. The molecule has 0 aromatic heterocycles. The van der Waals surface area contributed by atoms with E-state index in [0.29, 0.717) is 12.1 Å². The molecule has 2 rings (SSSR count). The molecule has 0 radical (unpaired) electrons. The molecule has 2 aromatic carbocycles. The molecule has 5 heteroatoms. The summed E-state index contributed by atoms with van der Waals surface area (Å²) in [7, 11) is 0. The number of rotatable bonds is 4. The molecule has 0 atom stereocenters. The van der Waals surface area contributed by atoms with Crippen LogP contribution in [0.5, 0.6) is 0 Å². The summed E-state index contributed by atoms with van der Waals surface area (Å²) in [5.74, 6) is -0.308. The number of urea groups is 1. The van der Waals surface area contributed by atoms with E-state index in [1.54, 1.807) is 18.2 Å². The first-order valence-electron chi connectivity index (χ1n) is 6.34. The highest BCUT2D eigenvalue weighted by Crippen LogP contribution is 2.10. The lowest BCUT2D eigenvalue weighted by Crippen LogP contribution is -2.31. The predicted molar refractivity (Wildman–Crippen MR) is 84.9 cm³/mol. The average Bonchev–Trinajstić information content (AvgIpc) is 2.47. The van der Waals surface area contributed by atoms with Crippen molar-refractivity contribution in [2.45, 2.75) is 6.54 Å². The van der Waals surface area contributed by atoms with Crippen LogP contribution in [0.25, 0.3) is 6.08 Å². The lowest BCUT2D eigenvalue weighted by molar-refractivity contribution is 0.244. The van der Waals surface area contributed by atoms with Gasteiger partial charge in [0.15, 0.2) is 0 Å². The number of carbonyl (C=O) groups is 1. The van der Waals surface area contributed by atoms with Crippen LogP contribution < -0.4 is 10.6 Å². The number of hydrogen-bond donors (Lipinski definition) is 2. The Morgan fingerprint density at radius 2 is 1.95 bits per heavy atom. The van der Waals surface area contributed by atoms with Crippen LogP contribution in [0.15, 0.2) is 59.2 Å². The van der Waals surface area contributed by atoms with Crippen molar-refractivity contribution < 1.29 is 9.18 Å². The van der Waals surface area contributed by atoms with Gasteiger partial charge in [-0.1, -0.05) is 40.2 Å². The van der Waals surface area contributed by atoms with Crippen molar-refractivity contribution in [2.75, 3.05) is 0 Å². The molecule has 0 unspecified atom stereocenters. The number of amides is 2. The summed E-state index contributed by atoms with van der Waals surface area (Å²) in [6.07, 6.45) is 3.11. The highest BCUT2D eigenvalue weighted by Gasteiger charge is 1.98. The molecule has 0 saturated carbocycles. The Hall–Kier alpha value is -2.14. The van der Waals surface area contributed by atoms with Gasteiger partial charge < -0.3 is 10.6 Å². The summed E-state index contributed by atoms with van der Waals surface area (Å²) >= 11 is 3.35. The van der Waals surface area contributed by atoms with Crippen molar-refractivity contribution in [3.8, 4) is 0 Å². The van der Waals surface area contributed by atoms with Crippen molar-refractivity contribution in [1.29, 1.82) is 0 Å². The Morgan fingerprint density at radius 1 is 1.19 bits per heavy atom. The van der Waals surface area contributed by atoms with Crippen molar-refractivity contribution in [3.05, 3.63) is 76.1 Å². The van der Waals surface area contributed by atoms with E-state index in [4.69, 9.17) is 0 Å². The quantitative estimate of drug-likeness (QED) is 0.859. The van der Waals surface area contributed by atoms with Gasteiger partial charge in [-0.15, -0.1) is 0 Å². The van der Waals surface area contributed by atoms with Crippen LogP contribution in [0.4, 0.5) is 9.18 Å². The number of hydrogen-bond acceptors (Lipinski definition) is 1. The fourth-order valence-electron chi connectivity index (χ4n) is 1.66. The van der Waals surface area contributed by atoms with Crippen LogP contribution in [0.3, 0.4) is 0 Å². The third-order valence-electron chi connectivity index (χ3n) is 2.71. The van der Waals surface area contributed by atoms with E-state index >= 15 is 0 Å². The molecule has 0 aliphatic carbocycles. The summed E-state index contributed by atoms with van der Waals surface area (Å²) in [5, 5.41) is 5.30. The number of halogens is 2. The molecule has 0 fully saturated rings. The molecule has 0 spiro atoms. The lowest BCUT2D eigenvalue weighted by Gasteiger charge is -2.04. The van der Waals surface area contributed by atoms with Crippen LogP contribution in [-0.2, 0) is 6.54 Å². The van der Waals surface area contributed by atoms with Gasteiger partial charge in [0.2, 0.25) is 0 Å². The topological polar surface area (TPSA) is 41.1 Å². The highest BCUT2D eigenvalue weighted by molar-refractivity contribution is 9.10. The Balaban J connectivity index is 1.78. The Kier molecular flexibility index (Phi) is 5.51. The number of nitrogens with one attached hydrogen (secondary N) is 2. The number of carbonyl (C=O) groups excluding carboxylic acids is 1. The first kappa shape index (κ1) is 15.3. The molecule has 2 aromatic rings. The third-order valence-corrected chi connectivity index (χ3v) is 3.23. The highest BCUT2D eigenvalue weighted by atomic mass is 79.9. The van der Waals surface area contributed by atoms with E-state index in [9.17, 15) is 9.18 Å². The Bertz CT molecular complexity index is 641. The maximum atomic E-state index is 13.0. The largest absolute Gasteiger partial charge is 0.334 e. The van der Waals surface area contributed by atoms with Gasteiger partial charge in [0, 0.05) is 17.2 Å². The average molecular weight is 349 g/mol. The van der Waals surface area contributed by atoms with Crippen molar-refractivity contribution in [1.82, 2.24) is 10.6 Å². The van der Waals surface area contributed by atoms with Gasteiger partial charge in [0.25, 0.3) is 0 Å². The molecule has 3 nitrogen and oxygen atoms in total. The maximum Gasteiger partial charge on any atom is 0.319 e.